The molecule has 3 N–H and O–H groups in total. The highest BCUT2D eigenvalue weighted by Crippen LogP contribution is 2.34. The molecule has 3 heteroatoms. The second-order valence-electron chi connectivity index (χ2n) is 7.04. The fourth-order valence-electron chi connectivity index (χ4n) is 4.37. The summed E-state index contributed by atoms with van der Waals surface area (Å²) < 4.78 is 0. The predicted molar refractivity (Wildman–Crippen MR) is 79.9 cm³/mol. The number of aliphatic hydroxyl groups is 1. The maximum atomic E-state index is 9.33. The Bertz CT molecular complexity index is 253. The highest BCUT2D eigenvalue weighted by molar-refractivity contribution is 4.89. The summed E-state index contributed by atoms with van der Waals surface area (Å²) in [4.78, 5) is 2.53. The number of aliphatic hydroxyl groups excluding tert-OH is 1. The van der Waals surface area contributed by atoms with Crippen molar-refractivity contribution in [2.24, 2.45) is 23.5 Å². The topological polar surface area (TPSA) is 49.5 Å². The minimum Gasteiger partial charge on any atom is -0.395 e. The molecule has 0 saturated heterocycles. The molecule has 0 aromatic rings. The molecule has 2 aliphatic rings. The Labute approximate surface area is 118 Å². The molecule has 0 radical (unpaired) electrons. The van der Waals surface area contributed by atoms with Crippen LogP contribution in [-0.4, -0.2) is 41.8 Å². The van der Waals surface area contributed by atoms with E-state index in [-0.39, 0.29) is 6.61 Å². The predicted octanol–water partition coefficient (Wildman–Crippen LogP) is 2.23. The van der Waals surface area contributed by atoms with Crippen molar-refractivity contribution in [3.63, 3.8) is 0 Å². The van der Waals surface area contributed by atoms with Gasteiger partial charge in [-0.05, 0) is 43.4 Å². The van der Waals surface area contributed by atoms with Gasteiger partial charge >= 0.3 is 0 Å². The summed E-state index contributed by atoms with van der Waals surface area (Å²) in [6.45, 7) is 6.90. The minimum absolute atomic E-state index is 0.281. The first kappa shape index (κ1) is 15.3. The zero-order valence-corrected chi connectivity index (χ0v) is 12.7. The highest BCUT2D eigenvalue weighted by Gasteiger charge is 2.34. The summed E-state index contributed by atoms with van der Waals surface area (Å²) in [7, 11) is 0. The molecule has 0 spiro atoms. The van der Waals surface area contributed by atoms with E-state index in [4.69, 9.17) is 5.73 Å². The summed E-state index contributed by atoms with van der Waals surface area (Å²) in [6.07, 6.45) is 7.83. The van der Waals surface area contributed by atoms with Crippen molar-refractivity contribution in [2.75, 3.05) is 19.7 Å². The number of hydrogen-bond donors (Lipinski definition) is 2. The standard InChI is InChI=1S/C16H32N2O/c1-12-9-13(2)15(16(17)10-12)11-18(7-8-19)14-5-3-4-6-14/h12-16,19H,3-11,17H2,1-2H3. The molecule has 2 fully saturated rings. The quantitative estimate of drug-likeness (QED) is 0.804. The summed E-state index contributed by atoms with van der Waals surface area (Å²) in [5.74, 6) is 2.11. The molecular formula is C16H32N2O. The monoisotopic (exact) mass is 268 g/mol. The van der Waals surface area contributed by atoms with Gasteiger partial charge in [-0.2, -0.15) is 0 Å². The maximum Gasteiger partial charge on any atom is 0.0558 e. The molecule has 0 aromatic carbocycles. The Hall–Kier alpha value is -0.120. The molecule has 2 saturated carbocycles. The normalized spacial score (nSPS) is 37.1. The van der Waals surface area contributed by atoms with E-state index in [0.717, 1.165) is 24.9 Å². The Morgan fingerprint density at radius 1 is 1.16 bits per heavy atom. The summed E-state index contributed by atoms with van der Waals surface area (Å²) in [6, 6.07) is 1.05. The summed E-state index contributed by atoms with van der Waals surface area (Å²) in [5, 5.41) is 9.33. The van der Waals surface area contributed by atoms with Gasteiger partial charge in [-0.15, -0.1) is 0 Å². The molecule has 0 aliphatic heterocycles. The molecule has 0 amide bonds. The molecular weight excluding hydrogens is 236 g/mol. The van der Waals surface area contributed by atoms with Crippen LogP contribution in [0.1, 0.15) is 52.4 Å². The van der Waals surface area contributed by atoms with Crippen LogP contribution < -0.4 is 5.73 Å². The van der Waals surface area contributed by atoms with Crippen LogP contribution in [0.25, 0.3) is 0 Å². The van der Waals surface area contributed by atoms with Crippen LogP contribution in [0.2, 0.25) is 0 Å². The molecule has 2 aliphatic carbocycles. The maximum absolute atomic E-state index is 9.33. The van der Waals surface area contributed by atoms with Gasteiger partial charge < -0.3 is 10.8 Å². The summed E-state index contributed by atoms with van der Waals surface area (Å²) >= 11 is 0. The molecule has 2 rings (SSSR count). The molecule has 3 nitrogen and oxygen atoms in total. The first-order valence-corrected chi connectivity index (χ1v) is 8.22. The van der Waals surface area contributed by atoms with Crippen LogP contribution in [0, 0.1) is 17.8 Å². The van der Waals surface area contributed by atoms with Crippen LogP contribution in [-0.2, 0) is 0 Å². The van der Waals surface area contributed by atoms with Gasteiger partial charge in [-0.3, -0.25) is 4.90 Å². The average Bonchev–Trinajstić information content (AvgIpc) is 2.85. The first-order chi connectivity index (χ1) is 9.11. The van der Waals surface area contributed by atoms with E-state index in [0.29, 0.717) is 18.0 Å². The lowest BCUT2D eigenvalue weighted by molar-refractivity contribution is 0.0794. The Morgan fingerprint density at radius 2 is 1.84 bits per heavy atom. The van der Waals surface area contributed by atoms with Gasteiger partial charge in [0.2, 0.25) is 0 Å². The van der Waals surface area contributed by atoms with Gasteiger partial charge in [0.1, 0.15) is 0 Å². The van der Waals surface area contributed by atoms with Crippen LogP contribution >= 0.6 is 0 Å². The van der Waals surface area contributed by atoms with E-state index in [1.807, 2.05) is 0 Å². The number of nitrogens with two attached hydrogens (primary N) is 1. The van der Waals surface area contributed by atoms with Crippen LogP contribution in [0.4, 0.5) is 0 Å². The van der Waals surface area contributed by atoms with Gasteiger partial charge in [0, 0.05) is 25.2 Å². The zero-order chi connectivity index (χ0) is 13.8. The third-order valence-electron chi connectivity index (χ3n) is 5.40. The van der Waals surface area contributed by atoms with Crippen molar-refractivity contribution in [3.05, 3.63) is 0 Å². The third kappa shape index (κ3) is 3.93. The molecule has 0 heterocycles. The second kappa shape index (κ2) is 7.05. The van der Waals surface area contributed by atoms with E-state index < -0.39 is 0 Å². The van der Waals surface area contributed by atoms with Crippen molar-refractivity contribution in [1.82, 2.24) is 4.90 Å². The van der Waals surface area contributed by atoms with Crippen LogP contribution in [0.5, 0.6) is 0 Å². The largest absolute Gasteiger partial charge is 0.395 e. The number of rotatable bonds is 5. The molecule has 112 valence electrons. The first-order valence-electron chi connectivity index (χ1n) is 8.22. The van der Waals surface area contributed by atoms with Crippen molar-refractivity contribution in [1.29, 1.82) is 0 Å². The van der Waals surface area contributed by atoms with Crippen molar-refractivity contribution in [2.45, 2.75) is 64.5 Å². The van der Waals surface area contributed by atoms with Gasteiger partial charge in [-0.1, -0.05) is 26.7 Å². The zero-order valence-electron chi connectivity index (χ0n) is 12.7. The smallest absolute Gasteiger partial charge is 0.0558 e. The molecule has 0 bridgehead atoms. The molecule has 4 atom stereocenters. The van der Waals surface area contributed by atoms with Crippen molar-refractivity contribution < 1.29 is 5.11 Å². The van der Waals surface area contributed by atoms with E-state index >= 15 is 0 Å². The van der Waals surface area contributed by atoms with E-state index in [1.54, 1.807) is 0 Å². The fourth-order valence-corrected chi connectivity index (χ4v) is 4.37. The third-order valence-corrected chi connectivity index (χ3v) is 5.40. The van der Waals surface area contributed by atoms with Gasteiger partial charge in [0.15, 0.2) is 0 Å². The lowest BCUT2D eigenvalue weighted by atomic mass is 9.72. The number of hydrogen-bond acceptors (Lipinski definition) is 3. The minimum atomic E-state index is 0.281. The van der Waals surface area contributed by atoms with Gasteiger partial charge in [0.05, 0.1) is 6.61 Å². The SMILES string of the molecule is CC1CC(C)C(CN(CCO)C2CCCC2)C(N)C1. The number of nitrogens with zero attached hydrogens (tertiary/aromatic N) is 1. The van der Waals surface area contributed by atoms with E-state index in [2.05, 4.69) is 18.7 Å². The van der Waals surface area contributed by atoms with E-state index in [9.17, 15) is 5.11 Å². The lowest BCUT2D eigenvalue weighted by Gasteiger charge is -2.42. The Morgan fingerprint density at radius 3 is 2.42 bits per heavy atom. The molecule has 0 aromatic heterocycles. The fraction of sp³-hybridized carbons (Fsp3) is 1.00. The van der Waals surface area contributed by atoms with E-state index in [1.165, 1.54) is 38.5 Å². The summed E-state index contributed by atoms with van der Waals surface area (Å²) in [5.41, 5.74) is 6.41. The lowest BCUT2D eigenvalue weighted by Crippen LogP contribution is -2.49. The Balaban J connectivity index is 1.95. The average molecular weight is 268 g/mol. The van der Waals surface area contributed by atoms with Gasteiger partial charge in [0.25, 0.3) is 0 Å². The highest BCUT2D eigenvalue weighted by atomic mass is 16.3. The molecule has 19 heavy (non-hydrogen) atoms. The van der Waals surface area contributed by atoms with Crippen molar-refractivity contribution >= 4 is 0 Å². The Kier molecular flexibility index (Phi) is 5.67. The molecule has 4 unspecified atom stereocenters. The second-order valence-corrected chi connectivity index (χ2v) is 7.04. The van der Waals surface area contributed by atoms with Crippen molar-refractivity contribution in [3.8, 4) is 0 Å². The van der Waals surface area contributed by atoms with Gasteiger partial charge in [-0.25, -0.2) is 0 Å². The van der Waals surface area contributed by atoms with Crippen LogP contribution in [0.3, 0.4) is 0 Å². The van der Waals surface area contributed by atoms with Crippen LogP contribution in [0.15, 0.2) is 0 Å².